The Labute approximate surface area is 197 Å². The number of nitriles is 1. The van der Waals surface area contributed by atoms with Crippen LogP contribution in [0.25, 0.3) is 11.3 Å². The molecule has 0 spiro atoms. The van der Waals surface area contributed by atoms with Crippen LogP contribution in [0.1, 0.15) is 34.1 Å². The van der Waals surface area contributed by atoms with Gasteiger partial charge in [0.2, 0.25) is 0 Å². The van der Waals surface area contributed by atoms with Crippen LogP contribution < -0.4 is 14.2 Å². The van der Waals surface area contributed by atoms with E-state index in [2.05, 4.69) is 4.98 Å². The first-order valence-corrected chi connectivity index (χ1v) is 10.8. The highest BCUT2D eigenvalue weighted by molar-refractivity contribution is 5.68. The number of benzene rings is 2. The predicted octanol–water partition coefficient (Wildman–Crippen LogP) is 4.41. The van der Waals surface area contributed by atoms with Gasteiger partial charge in [-0.25, -0.2) is 9.37 Å². The summed E-state index contributed by atoms with van der Waals surface area (Å²) in [6, 6.07) is 12.0. The van der Waals surface area contributed by atoms with Crippen LogP contribution in [0.5, 0.6) is 17.2 Å². The number of rotatable bonds is 8. The second-order valence-corrected chi connectivity index (χ2v) is 7.93. The van der Waals surface area contributed by atoms with Crippen molar-refractivity contribution < 1.29 is 28.4 Å². The minimum absolute atomic E-state index is 0.0296. The van der Waals surface area contributed by atoms with Gasteiger partial charge in [-0.05, 0) is 54.8 Å². The van der Waals surface area contributed by atoms with E-state index in [4.69, 9.17) is 24.2 Å². The minimum atomic E-state index is -1.09. The third-order valence-corrected chi connectivity index (χ3v) is 5.70. The van der Waals surface area contributed by atoms with Crippen LogP contribution in [0, 0.1) is 31.0 Å². The van der Waals surface area contributed by atoms with Crippen LogP contribution >= 0.6 is 0 Å². The molecule has 1 N–H and O–H groups in total. The van der Waals surface area contributed by atoms with Crippen molar-refractivity contribution in [1.82, 2.24) is 4.98 Å². The molecule has 0 saturated heterocycles. The maximum Gasteiger partial charge on any atom is 0.188 e. The zero-order valence-corrected chi connectivity index (χ0v) is 19.2. The van der Waals surface area contributed by atoms with Crippen molar-refractivity contribution in [2.45, 2.75) is 26.4 Å². The Morgan fingerprint density at radius 2 is 2.00 bits per heavy atom. The van der Waals surface area contributed by atoms with Crippen molar-refractivity contribution in [3.63, 3.8) is 0 Å². The van der Waals surface area contributed by atoms with E-state index < -0.39 is 11.9 Å². The van der Waals surface area contributed by atoms with E-state index in [9.17, 15) is 9.50 Å². The third kappa shape index (κ3) is 4.40. The highest BCUT2D eigenvalue weighted by Crippen LogP contribution is 2.43. The van der Waals surface area contributed by atoms with Crippen LogP contribution in [0.4, 0.5) is 4.39 Å². The first-order chi connectivity index (χ1) is 16.5. The maximum absolute atomic E-state index is 15.0. The van der Waals surface area contributed by atoms with Gasteiger partial charge >= 0.3 is 0 Å². The summed E-state index contributed by atoms with van der Waals surface area (Å²) >= 11 is 0. The summed E-state index contributed by atoms with van der Waals surface area (Å²) in [5, 5.41) is 20.3. The molecule has 0 amide bonds. The molecule has 0 fully saturated rings. The molecule has 34 heavy (non-hydrogen) atoms. The Morgan fingerprint density at radius 3 is 2.76 bits per heavy atom. The SMILES string of the molecule is COCOc1ccc(C(O)c2c(C)cc(OCC#N)c3c2CCO3)nc1-c1cccc(C)c1F. The summed E-state index contributed by atoms with van der Waals surface area (Å²) in [7, 11) is 1.49. The number of hydrogen-bond acceptors (Lipinski definition) is 7. The lowest BCUT2D eigenvalue weighted by atomic mass is 9.92. The largest absolute Gasteiger partial charge is 0.489 e. The second kappa shape index (κ2) is 10.1. The Bertz CT molecular complexity index is 1250. The fraction of sp³-hybridized carbons (Fsp3) is 0.308. The van der Waals surface area contributed by atoms with Gasteiger partial charge in [0.1, 0.15) is 29.4 Å². The quantitative estimate of drug-likeness (QED) is 0.494. The lowest BCUT2D eigenvalue weighted by molar-refractivity contribution is 0.0512. The zero-order chi connectivity index (χ0) is 24.2. The minimum Gasteiger partial charge on any atom is -0.489 e. The van der Waals surface area contributed by atoms with E-state index in [0.717, 1.165) is 11.1 Å². The van der Waals surface area contributed by atoms with Gasteiger partial charge in [-0.2, -0.15) is 5.26 Å². The molecule has 7 nitrogen and oxygen atoms in total. The van der Waals surface area contributed by atoms with Gasteiger partial charge in [0.25, 0.3) is 0 Å². The molecule has 176 valence electrons. The Hall–Kier alpha value is -3.67. The summed E-state index contributed by atoms with van der Waals surface area (Å²) < 4.78 is 36.9. The Morgan fingerprint density at radius 1 is 1.18 bits per heavy atom. The molecule has 0 aliphatic carbocycles. The number of aromatic nitrogens is 1. The number of nitrogens with zero attached hydrogens (tertiary/aromatic N) is 2. The molecule has 1 atom stereocenters. The molecule has 1 unspecified atom stereocenters. The number of hydrogen-bond donors (Lipinski definition) is 1. The third-order valence-electron chi connectivity index (χ3n) is 5.70. The van der Waals surface area contributed by atoms with Crippen molar-refractivity contribution >= 4 is 0 Å². The predicted molar refractivity (Wildman–Crippen MR) is 122 cm³/mol. The topological polar surface area (TPSA) is 93.8 Å². The van der Waals surface area contributed by atoms with E-state index in [1.807, 2.05) is 13.0 Å². The molecule has 1 aliphatic rings. The van der Waals surface area contributed by atoms with Crippen molar-refractivity contribution in [2.75, 3.05) is 27.1 Å². The van der Waals surface area contributed by atoms with Gasteiger partial charge < -0.3 is 24.1 Å². The summed E-state index contributed by atoms with van der Waals surface area (Å²) in [6.45, 7) is 3.84. The number of methoxy groups -OCH3 is 1. The van der Waals surface area contributed by atoms with Gasteiger partial charge in [0, 0.05) is 24.7 Å². The summed E-state index contributed by atoms with van der Waals surface area (Å²) in [5.74, 6) is 0.933. The van der Waals surface area contributed by atoms with E-state index >= 15 is 0 Å². The van der Waals surface area contributed by atoms with Crippen molar-refractivity contribution in [2.24, 2.45) is 0 Å². The number of halogens is 1. The highest BCUT2D eigenvalue weighted by atomic mass is 19.1. The van der Waals surface area contributed by atoms with E-state index in [1.165, 1.54) is 7.11 Å². The molecule has 0 bridgehead atoms. The average molecular weight is 464 g/mol. The van der Waals surface area contributed by atoms with Crippen LogP contribution in [-0.4, -0.2) is 37.2 Å². The van der Waals surface area contributed by atoms with E-state index in [-0.39, 0.29) is 24.7 Å². The summed E-state index contributed by atoms with van der Waals surface area (Å²) in [5.41, 5.74) is 3.59. The van der Waals surface area contributed by atoms with Gasteiger partial charge in [0.05, 0.1) is 12.3 Å². The second-order valence-electron chi connectivity index (χ2n) is 7.93. The maximum atomic E-state index is 15.0. The monoisotopic (exact) mass is 464 g/mol. The molecule has 0 saturated carbocycles. The first-order valence-electron chi connectivity index (χ1n) is 10.8. The van der Waals surface area contributed by atoms with Gasteiger partial charge in [0.15, 0.2) is 24.9 Å². The molecular formula is C26H25FN2O5. The fourth-order valence-corrected chi connectivity index (χ4v) is 4.13. The molecule has 4 rings (SSSR count). The van der Waals surface area contributed by atoms with Crippen LogP contribution in [0.2, 0.25) is 0 Å². The van der Waals surface area contributed by atoms with E-state index in [0.29, 0.717) is 47.1 Å². The summed E-state index contributed by atoms with van der Waals surface area (Å²) in [4.78, 5) is 4.63. The molecule has 1 aromatic heterocycles. The number of aliphatic hydroxyl groups excluding tert-OH is 1. The van der Waals surface area contributed by atoms with Crippen LogP contribution in [0.15, 0.2) is 36.4 Å². The molecular weight excluding hydrogens is 439 g/mol. The van der Waals surface area contributed by atoms with Crippen molar-refractivity contribution in [1.29, 1.82) is 5.26 Å². The molecule has 3 aromatic rings. The van der Waals surface area contributed by atoms with Crippen LogP contribution in [0.3, 0.4) is 0 Å². The number of fused-ring (bicyclic) bond motifs is 1. The van der Waals surface area contributed by atoms with Crippen molar-refractivity contribution in [3.8, 4) is 34.6 Å². The average Bonchev–Trinajstić information content (AvgIpc) is 3.32. The number of ether oxygens (including phenoxy) is 4. The van der Waals surface area contributed by atoms with Gasteiger partial charge in [-0.15, -0.1) is 0 Å². The van der Waals surface area contributed by atoms with Crippen molar-refractivity contribution in [3.05, 3.63) is 70.2 Å². The first kappa shape index (κ1) is 23.5. The molecule has 2 aromatic carbocycles. The molecule has 0 radical (unpaired) electrons. The number of pyridine rings is 1. The highest BCUT2D eigenvalue weighted by Gasteiger charge is 2.29. The summed E-state index contributed by atoms with van der Waals surface area (Å²) in [6.07, 6.45) is -0.510. The Kier molecular flexibility index (Phi) is 6.96. The van der Waals surface area contributed by atoms with Gasteiger partial charge in [-0.3, -0.25) is 0 Å². The van der Waals surface area contributed by atoms with Crippen LogP contribution in [-0.2, 0) is 11.2 Å². The number of aliphatic hydroxyl groups is 1. The normalized spacial score (nSPS) is 13.1. The van der Waals surface area contributed by atoms with E-state index in [1.54, 1.807) is 43.3 Å². The lowest BCUT2D eigenvalue weighted by Gasteiger charge is -2.20. The number of aryl methyl sites for hydroxylation is 2. The molecule has 8 heteroatoms. The Balaban J connectivity index is 1.81. The molecule has 2 heterocycles. The lowest BCUT2D eigenvalue weighted by Crippen LogP contribution is -2.10. The van der Waals surface area contributed by atoms with Gasteiger partial charge in [-0.1, -0.05) is 12.1 Å². The zero-order valence-electron chi connectivity index (χ0n) is 19.2. The smallest absolute Gasteiger partial charge is 0.188 e. The molecule has 1 aliphatic heterocycles. The fourth-order valence-electron chi connectivity index (χ4n) is 4.13. The standard InChI is InChI=1S/C26H25FN2O5/c1-15-5-4-6-18(23(15)27)24-20(34-14-31-3)8-7-19(29-24)25(30)22-16(2)13-21(32-12-10-28)26-17(22)9-11-33-26/h4-8,13,25,30H,9,11-12,14H2,1-3H3.